The molecule has 0 amide bonds. The van der Waals surface area contributed by atoms with Crippen LogP contribution in [0.15, 0.2) is 28.7 Å². The van der Waals surface area contributed by atoms with Crippen LogP contribution in [0, 0.1) is 11.8 Å². The average Bonchev–Trinajstić information content (AvgIpc) is 2.78. The number of benzene rings is 1. The summed E-state index contributed by atoms with van der Waals surface area (Å²) in [5.41, 5.74) is -1.40. The summed E-state index contributed by atoms with van der Waals surface area (Å²) in [6, 6.07) is 7.55. The number of esters is 2. The SMILES string of the molecule is CCOC(=O)[C@@H]1C[C@@]2(C(C)(C)O)OC(=O)[C@H]2[C@@H]1c1ccc(Br)cc1. The number of ether oxygens (including phenoxy) is 2. The van der Waals surface area contributed by atoms with Crippen molar-refractivity contribution in [2.24, 2.45) is 11.8 Å². The predicted octanol–water partition coefficient (Wildman–Crippen LogP) is 2.80. The summed E-state index contributed by atoms with van der Waals surface area (Å²) in [7, 11) is 0. The van der Waals surface area contributed by atoms with E-state index in [1.165, 1.54) is 0 Å². The van der Waals surface area contributed by atoms with E-state index >= 15 is 0 Å². The lowest BCUT2D eigenvalue weighted by atomic mass is 9.70. The monoisotopic (exact) mass is 396 g/mol. The van der Waals surface area contributed by atoms with E-state index in [1.807, 2.05) is 24.3 Å². The maximum absolute atomic E-state index is 12.5. The molecule has 2 fully saturated rings. The van der Waals surface area contributed by atoms with Crippen LogP contribution in [-0.4, -0.2) is 34.9 Å². The summed E-state index contributed by atoms with van der Waals surface area (Å²) < 4.78 is 11.6. The Morgan fingerprint density at radius 3 is 2.54 bits per heavy atom. The molecule has 1 heterocycles. The van der Waals surface area contributed by atoms with E-state index < -0.39 is 23.0 Å². The van der Waals surface area contributed by atoms with Crippen LogP contribution < -0.4 is 0 Å². The minimum Gasteiger partial charge on any atom is -0.466 e. The Morgan fingerprint density at radius 1 is 1.42 bits per heavy atom. The van der Waals surface area contributed by atoms with E-state index in [4.69, 9.17) is 9.47 Å². The zero-order valence-corrected chi connectivity index (χ0v) is 15.5. The Morgan fingerprint density at radius 2 is 2.04 bits per heavy atom. The highest BCUT2D eigenvalue weighted by Gasteiger charge is 2.73. The van der Waals surface area contributed by atoms with Crippen molar-refractivity contribution < 1.29 is 24.2 Å². The molecule has 5 nitrogen and oxygen atoms in total. The zero-order chi connectivity index (χ0) is 17.7. The third-order valence-electron chi connectivity index (χ3n) is 5.23. The molecule has 1 aromatic rings. The number of carbonyl (C=O) groups is 2. The summed E-state index contributed by atoms with van der Waals surface area (Å²) in [5, 5.41) is 10.6. The molecule has 0 unspecified atom stereocenters. The van der Waals surface area contributed by atoms with Gasteiger partial charge in [0.1, 0.15) is 5.92 Å². The number of aliphatic hydroxyl groups is 1. The molecule has 1 aromatic carbocycles. The first-order valence-electron chi connectivity index (χ1n) is 8.08. The molecule has 2 aliphatic rings. The van der Waals surface area contributed by atoms with Gasteiger partial charge in [-0.25, -0.2) is 0 Å². The van der Waals surface area contributed by atoms with Crippen LogP contribution in [0.25, 0.3) is 0 Å². The first-order valence-corrected chi connectivity index (χ1v) is 8.88. The van der Waals surface area contributed by atoms with Gasteiger partial charge in [-0.1, -0.05) is 28.1 Å². The summed E-state index contributed by atoms with van der Waals surface area (Å²) in [4.78, 5) is 24.8. The standard InChI is InChI=1S/C18H21BrO5/c1-4-23-15(20)12-9-18(17(2,3)22)14(16(21)24-18)13(12)10-5-7-11(19)8-6-10/h5-8,12-14,22H,4,9H2,1-3H3/t12-,13-,14-,18-/m1/s1. The van der Waals surface area contributed by atoms with Crippen molar-refractivity contribution in [3.63, 3.8) is 0 Å². The second-order valence-corrected chi connectivity index (χ2v) is 7.90. The van der Waals surface area contributed by atoms with Crippen LogP contribution in [-0.2, 0) is 19.1 Å². The van der Waals surface area contributed by atoms with Gasteiger partial charge in [-0.2, -0.15) is 0 Å². The lowest BCUT2D eigenvalue weighted by molar-refractivity contribution is -0.250. The van der Waals surface area contributed by atoms with Crippen LogP contribution >= 0.6 is 15.9 Å². The minimum absolute atomic E-state index is 0.270. The van der Waals surface area contributed by atoms with Crippen LogP contribution in [0.3, 0.4) is 0 Å². The molecule has 4 atom stereocenters. The fourth-order valence-electron chi connectivity index (χ4n) is 4.07. The number of fused-ring (bicyclic) bond motifs is 1. The highest BCUT2D eigenvalue weighted by molar-refractivity contribution is 9.10. The Bertz CT molecular complexity index is 663. The summed E-state index contributed by atoms with van der Waals surface area (Å²) in [6.45, 7) is 5.28. The van der Waals surface area contributed by atoms with Gasteiger partial charge >= 0.3 is 11.9 Å². The third kappa shape index (κ3) is 2.47. The second-order valence-electron chi connectivity index (χ2n) is 6.99. The van der Waals surface area contributed by atoms with Crippen molar-refractivity contribution in [2.45, 2.75) is 44.3 Å². The molecule has 24 heavy (non-hydrogen) atoms. The number of hydrogen-bond donors (Lipinski definition) is 1. The molecule has 1 aliphatic carbocycles. The molecule has 0 aromatic heterocycles. The fourth-order valence-corrected chi connectivity index (χ4v) is 4.34. The molecular weight excluding hydrogens is 376 g/mol. The molecular formula is C18H21BrO5. The van der Waals surface area contributed by atoms with Crippen molar-refractivity contribution in [1.29, 1.82) is 0 Å². The summed E-state index contributed by atoms with van der Waals surface area (Å²) in [6.07, 6.45) is 0.270. The molecule has 6 heteroatoms. The Hall–Kier alpha value is -1.40. The molecule has 1 saturated carbocycles. The molecule has 3 rings (SSSR count). The number of halogens is 1. The largest absolute Gasteiger partial charge is 0.466 e. The Balaban J connectivity index is 2.06. The normalized spacial score (nSPS) is 31.9. The molecule has 130 valence electrons. The molecule has 0 spiro atoms. The first-order chi connectivity index (χ1) is 11.2. The lowest BCUT2D eigenvalue weighted by Crippen LogP contribution is -2.66. The van der Waals surface area contributed by atoms with Crippen LogP contribution in [0.2, 0.25) is 0 Å². The smallest absolute Gasteiger partial charge is 0.314 e. The van der Waals surface area contributed by atoms with Gasteiger partial charge in [0.15, 0.2) is 5.60 Å². The minimum atomic E-state index is -1.24. The van der Waals surface area contributed by atoms with Crippen molar-refractivity contribution in [3.8, 4) is 0 Å². The van der Waals surface area contributed by atoms with Gasteiger partial charge in [-0.15, -0.1) is 0 Å². The second kappa shape index (κ2) is 5.85. The van der Waals surface area contributed by atoms with Crippen LogP contribution in [0.5, 0.6) is 0 Å². The molecule has 1 saturated heterocycles. The maximum atomic E-state index is 12.5. The number of hydrogen-bond acceptors (Lipinski definition) is 5. The number of rotatable bonds is 4. The first kappa shape index (κ1) is 17.4. The third-order valence-corrected chi connectivity index (χ3v) is 5.76. The lowest BCUT2D eigenvalue weighted by Gasteiger charge is -2.51. The van der Waals surface area contributed by atoms with E-state index in [0.29, 0.717) is 0 Å². The van der Waals surface area contributed by atoms with Crippen molar-refractivity contribution >= 4 is 27.9 Å². The molecule has 0 bridgehead atoms. The van der Waals surface area contributed by atoms with Crippen LogP contribution in [0.1, 0.15) is 38.7 Å². The van der Waals surface area contributed by atoms with Gasteiger partial charge in [0.25, 0.3) is 0 Å². The van der Waals surface area contributed by atoms with E-state index in [1.54, 1.807) is 20.8 Å². The predicted molar refractivity (Wildman–Crippen MR) is 90.2 cm³/mol. The molecule has 1 aliphatic heterocycles. The van der Waals surface area contributed by atoms with Crippen molar-refractivity contribution in [3.05, 3.63) is 34.3 Å². The fraction of sp³-hybridized carbons (Fsp3) is 0.556. The van der Waals surface area contributed by atoms with Crippen molar-refractivity contribution in [2.75, 3.05) is 6.61 Å². The number of carbonyl (C=O) groups excluding carboxylic acids is 2. The zero-order valence-electron chi connectivity index (χ0n) is 13.9. The van der Waals surface area contributed by atoms with Crippen molar-refractivity contribution in [1.82, 2.24) is 0 Å². The average molecular weight is 397 g/mol. The van der Waals surface area contributed by atoms with E-state index in [9.17, 15) is 14.7 Å². The summed E-state index contributed by atoms with van der Waals surface area (Å²) >= 11 is 3.39. The van der Waals surface area contributed by atoms with Gasteiger partial charge in [0, 0.05) is 16.8 Å². The topological polar surface area (TPSA) is 72.8 Å². The Labute approximate surface area is 149 Å². The van der Waals surface area contributed by atoms with E-state index in [-0.39, 0.29) is 30.9 Å². The molecule has 1 N–H and O–H groups in total. The molecule has 0 radical (unpaired) electrons. The summed E-state index contributed by atoms with van der Waals surface area (Å²) in [5.74, 6) is -2.14. The van der Waals surface area contributed by atoms with E-state index in [2.05, 4.69) is 15.9 Å². The van der Waals surface area contributed by atoms with Gasteiger partial charge in [0.05, 0.1) is 18.1 Å². The highest BCUT2D eigenvalue weighted by Crippen LogP contribution is 2.61. The van der Waals surface area contributed by atoms with Crippen LogP contribution in [0.4, 0.5) is 0 Å². The van der Waals surface area contributed by atoms with Gasteiger partial charge in [-0.3, -0.25) is 9.59 Å². The highest BCUT2D eigenvalue weighted by atomic mass is 79.9. The van der Waals surface area contributed by atoms with Gasteiger partial charge < -0.3 is 14.6 Å². The van der Waals surface area contributed by atoms with Gasteiger partial charge in [-0.05, 0) is 38.5 Å². The maximum Gasteiger partial charge on any atom is 0.314 e. The van der Waals surface area contributed by atoms with Gasteiger partial charge in [0.2, 0.25) is 0 Å². The quantitative estimate of drug-likeness (QED) is 0.792. The Kier molecular flexibility index (Phi) is 4.24. The van der Waals surface area contributed by atoms with E-state index in [0.717, 1.165) is 10.0 Å².